The van der Waals surface area contributed by atoms with Crippen molar-refractivity contribution < 1.29 is 9.53 Å². The highest BCUT2D eigenvalue weighted by molar-refractivity contribution is 7.99. The van der Waals surface area contributed by atoms with Gasteiger partial charge < -0.3 is 15.8 Å². The largest absolute Gasteiger partial charge is 0.397 e. The van der Waals surface area contributed by atoms with Gasteiger partial charge in [0, 0.05) is 23.3 Å². The number of hydrogen-bond acceptors (Lipinski definition) is 4. The van der Waals surface area contributed by atoms with E-state index in [1.165, 1.54) is 0 Å². The van der Waals surface area contributed by atoms with Crippen molar-refractivity contribution in [2.24, 2.45) is 0 Å². The molecule has 116 valence electrons. The molecular formula is C15H21ClN2O2S. The zero-order valence-electron chi connectivity index (χ0n) is 12.1. The minimum atomic E-state index is -0.0136. The molecule has 1 heterocycles. The molecule has 0 bridgehead atoms. The number of ether oxygens (including phenoxy) is 1. The Bertz CT molecular complexity index is 499. The zero-order chi connectivity index (χ0) is 15.2. The first kappa shape index (κ1) is 16.5. The average molecular weight is 329 g/mol. The van der Waals surface area contributed by atoms with Gasteiger partial charge in [0.25, 0.3) is 0 Å². The van der Waals surface area contributed by atoms with Gasteiger partial charge in [-0.15, -0.1) is 0 Å². The molecule has 3 N–H and O–H groups in total. The van der Waals surface area contributed by atoms with Gasteiger partial charge in [-0.3, -0.25) is 4.79 Å². The van der Waals surface area contributed by atoms with Crippen LogP contribution in [0.2, 0.25) is 5.02 Å². The van der Waals surface area contributed by atoms with Crippen molar-refractivity contribution in [1.82, 2.24) is 0 Å². The predicted molar refractivity (Wildman–Crippen MR) is 90.0 cm³/mol. The molecule has 4 nitrogen and oxygen atoms in total. The number of carbonyl (C=O) groups excluding carboxylic acids is 1. The molecule has 1 saturated heterocycles. The summed E-state index contributed by atoms with van der Waals surface area (Å²) < 4.78 is 5.52. The van der Waals surface area contributed by atoms with Gasteiger partial charge in [0.05, 0.1) is 17.5 Å². The molecule has 1 amide bonds. The first-order valence-corrected chi connectivity index (χ1v) is 8.57. The Balaban J connectivity index is 1.67. The summed E-state index contributed by atoms with van der Waals surface area (Å²) in [5.41, 5.74) is 6.91. The summed E-state index contributed by atoms with van der Waals surface area (Å²) in [4.78, 5) is 11.9. The van der Waals surface area contributed by atoms with Crippen LogP contribution in [0.4, 0.5) is 11.4 Å². The molecule has 0 radical (unpaired) electrons. The van der Waals surface area contributed by atoms with Crippen LogP contribution in [0.25, 0.3) is 0 Å². The van der Waals surface area contributed by atoms with Crippen LogP contribution in [0, 0.1) is 0 Å². The molecule has 1 aliphatic heterocycles. The van der Waals surface area contributed by atoms with Crippen molar-refractivity contribution in [3.63, 3.8) is 0 Å². The molecule has 6 heteroatoms. The molecule has 1 aliphatic rings. The first-order valence-electron chi connectivity index (χ1n) is 7.14. The fraction of sp³-hybridized carbons (Fsp3) is 0.533. The summed E-state index contributed by atoms with van der Waals surface area (Å²) in [5, 5.41) is 3.95. The molecule has 0 aromatic heterocycles. The van der Waals surface area contributed by atoms with Crippen LogP contribution < -0.4 is 11.1 Å². The summed E-state index contributed by atoms with van der Waals surface area (Å²) in [5.74, 6) is 0.961. The van der Waals surface area contributed by atoms with Gasteiger partial charge in [0.15, 0.2) is 0 Å². The molecule has 2 atom stereocenters. The number of hydrogen-bond donors (Lipinski definition) is 2. The maximum atomic E-state index is 11.9. The first-order chi connectivity index (χ1) is 10.1. The van der Waals surface area contributed by atoms with Crippen molar-refractivity contribution in [2.45, 2.75) is 37.5 Å². The number of nitrogens with one attached hydrogen (secondary N) is 1. The highest BCUT2D eigenvalue weighted by Gasteiger charge is 2.24. The van der Waals surface area contributed by atoms with Gasteiger partial charge in [-0.2, -0.15) is 11.8 Å². The fourth-order valence-corrected chi connectivity index (χ4v) is 3.67. The summed E-state index contributed by atoms with van der Waals surface area (Å²) >= 11 is 7.72. The van der Waals surface area contributed by atoms with Gasteiger partial charge >= 0.3 is 0 Å². The third-order valence-corrected chi connectivity index (χ3v) is 5.28. The Morgan fingerprint density at radius 2 is 2.38 bits per heavy atom. The van der Waals surface area contributed by atoms with E-state index in [2.05, 4.69) is 12.2 Å². The second kappa shape index (κ2) is 7.92. The monoisotopic (exact) mass is 328 g/mol. The van der Waals surface area contributed by atoms with E-state index in [1.54, 1.807) is 18.2 Å². The van der Waals surface area contributed by atoms with Crippen LogP contribution in [0.3, 0.4) is 0 Å². The molecule has 21 heavy (non-hydrogen) atoms. The Labute approximate surface area is 134 Å². The van der Waals surface area contributed by atoms with Gasteiger partial charge in [-0.1, -0.05) is 11.6 Å². The lowest BCUT2D eigenvalue weighted by Gasteiger charge is -2.13. The van der Waals surface area contributed by atoms with Crippen LogP contribution in [-0.2, 0) is 9.53 Å². The van der Waals surface area contributed by atoms with Crippen LogP contribution >= 0.6 is 23.4 Å². The number of rotatable bonds is 6. The zero-order valence-corrected chi connectivity index (χ0v) is 13.7. The second-order valence-electron chi connectivity index (χ2n) is 5.16. The van der Waals surface area contributed by atoms with E-state index in [4.69, 9.17) is 22.1 Å². The summed E-state index contributed by atoms with van der Waals surface area (Å²) in [6.45, 7) is 2.97. The Morgan fingerprint density at radius 1 is 1.57 bits per heavy atom. The minimum Gasteiger partial charge on any atom is -0.397 e. The number of carbonyl (C=O) groups is 1. The van der Waals surface area contributed by atoms with Gasteiger partial charge in [-0.05, 0) is 43.7 Å². The number of anilines is 2. The maximum absolute atomic E-state index is 11.9. The maximum Gasteiger partial charge on any atom is 0.224 e. The van der Waals surface area contributed by atoms with E-state index in [0.29, 0.717) is 34.2 Å². The summed E-state index contributed by atoms with van der Waals surface area (Å²) in [7, 11) is 0. The third-order valence-electron chi connectivity index (χ3n) is 3.47. The molecule has 1 aromatic rings. The lowest BCUT2D eigenvalue weighted by Crippen LogP contribution is -2.15. The Hall–Kier alpha value is -0.910. The SMILES string of the molecule is CC1OCCC1SCCCC(=O)Nc1ccc(Cl)cc1N. The van der Waals surface area contributed by atoms with E-state index in [9.17, 15) is 4.79 Å². The van der Waals surface area contributed by atoms with Crippen molar-refractivity contribution in [2.75, 3.05) is 23.4 Å². The van der Waals surface area contributed by atoms with Crippen molar-refractivity contribution in [3.05, 3.63) is 23.2 Å². The normalized spacial score (nSPS) is 21.4. The third kappa shape index (κ3) is 5.09. The summed E-state index contributed by atoms with van der Waals surface area (Å²) in [6.07, 6.45) is 2.79. The van der Waals surface area contributed by atoms with Crippen molar-refractivity contribution in [3.8, 4) is 0 Å². The molecule has 0 spiro atoms. The quantitative estimate of drug-likeness (QED) is 0.619. The minimum absolute atomic E-state index is 0.0136. The highest BCUT2D eigenvalue weighted by Crippen LogP contribution is 2.27. The fourth-order valence-electron chi connectivity index (χ4n) is 2.26. The second-order valence-corrected chi connectivity index (χ2v) is 6.94. The topological polar surface area (TPSA) is 64.3 Å². The van der Waals surface area contributed by atoms with Gasteiger partial charge in [0.1, 0.15) is 0 Å². The number of benzene rings is 1. The lowest BCUT2D eigenvalue weighted by atomic mass is 10.2. The molecule has 0 saturated carbocycles. The highest BCUT2D eigenvalue weighted by atomic mass is 35.5. The van der Waals surface area contributed by atoms with Crippen LogP contribution in [-0.4, -0.2) is 29.6 Å². The molecule has 2 rings (SSSR count). The summed E-state index contributed by atoms with van der Waals surface area (Å²) in [6, 6.07) is 5.07. The number of nitrogens with two attached hydrogens (primary N) is 1. The van der Waals surface area contributed by atoms with E-state index >= 15 is 0 Å². The van der Waals surface area contributed by atoms with E-state index in [-0.39, 0.29) is 5.91 Å². The number of halogens is 1. The van der Waals surface area contributed by atoms with E-state index in [0.717, 1.165) is 25.2 Å². The molecule has 0 aliphatic carbocycles. The van der Waals surface area contributed by atoms with Crippen LogP contribution in [0.5, 0.6) is 0 Å². The van der Waals surface area contributed by atoms with Gasteiger partial charge in [-0.25, -0.2) is 0 Å². The Morgan fingerprint density at radius 3 is 3.05 bits per heavy atom. The number of nitrogen functional groups attached to an aromatic ring is 1. The van der Waals surface area contributed by atoms with E-state index < -0.39 is 0 Å². The van der Waals surface area contributed by atoms with Crippen LogP contribution in [0.1, 0.15) is 26.2 Å². The number of amides is 1. The molecule has 2 unspecified atom stereocenters. The van der Waals surface area contributed by atoms with E-state index in [1.807, 2.05) is 11.8 Å². The van der Waals surface area contributed by atoms with Crippen molar-refractivity contribution >= 4 is 40.6 Å². The number of thioether (sulfide) groups is 1. The molecule has 1 aromatic carbocycles. The Kier molecular flexibility index (Phi) is 6.21. The molecule has 1 fully saturated rings. The van der Waals surface area contributed by atoms with Crippen LogP contribution in [0.15, 0.2) is 18.2 Å². The van der Waals surface area contributed by atoms with Gasteiger partial charge in [0.2, 0.25) is 5.91 Å². The standard InChI is InChI=1S/C15H21ClN2O2S/c1-10-14(6-7-20-10)21-8-2-3-15(19)18-13-5-4-11(16)9-12(13)17/h4-5,9-10,14H,2-3,6-8,17H2,1H3,(H,18,19). The predicted octanol–water partition coefficient (Wildman–Crippen LogP) is 3.55. The smallest absolute Gasteiger partial charge is 0.224 e. The van der Waals surface area contributed by atoms with Crippen molar-refractivity contribution in [1.29, 1.82) is 0 Å². The average Bonchev–Trinajstić information content (AvgIpc) is 2.84. The molecular weight excluding hydrogens is 308 g/mol. The lowest BCUT2D eigenvalue weighted by molar-refractivity contribution is -0.116.